The van der Waals surface area contributed by atoms with E-state index in [2.05, 4.69) is 0 Å². The molecule has 0 saturated heterocycles. The molecule has 0 bridgehead atoms. The number of phenols is 2. The van der Waals surface area contributed by atoms with Crippen molar-refractivity contribution >= 4 is 27.1 Å². The van der Waals surface area contributed by atoms with E-state index in [4.69, 9.17) is 14.2 Å². The van der Waals surface area contributed by atoms with Gasteiger partial charge in [0.05, 0.1) is 17.9 Å². The van der Waals surface area contributed by atoms with Crippen LogP contribution in [0.4, 0.5) is 0 Å². The zero-order chi connectivity index (χ0) is 17.1. The van der Waals surface area contributed by atoms with Crippen molar-refractivity contribution in [2.24, 2.45) is 0 Å². The fraction of sp³-hybridized carbons (Fsp3) is 0.105. The lowest BCUT2D eigenvalue weighted by atomic mass is 10.1. The number of nitrogens with zero attached hydrogens (tertiary/aromatic N) is 1. The number of hydrogen-bond donors (Lipinski definition) is 2. The van der Waals surface area contributed by atoms with Gasteiger partial charge in [-0.25, -0.2) is 0 Å². The second-order valence-electron chi connectivity index (χ2n) is 5.95. The molecule has 0 radical (unpaired) electrons. The van der Waals surface area contributed by atoms with Crippen molar-refractivity contribution in [1.82, 2.24) is 0 Å². The summed E-state index contributed by atoms with van der Waals surface area (Å²) in [5.74, 6) is 1.69. The lowest BCUT2D eigenvalue weighted by molar-refractivity contribution is -0.509. The van der Waals surface area contributed by atoms with Gasteiger partial charge in [0.1, 0.15) is 5.75 Å². The molecule has 4 aromatic rings. The van der Waals surface area contributed by atoms with Gasteiger partial charge in [0.15, 0.2) is 35.4 Å². The van der Waals surface area contributed by atoms with Crippen LogP contribution in [0.1, 0.15) is 0 Å². The highest BCUT2D eigenvalue weighted by Crippen LogP contribution is 2.41. The molecular weight excluding hydrogens is 322 g/mol. The summed E-state index contributed by atoms with van der Waals surface area (Å²) in [5.41, 5.74) is 0.878. The van der Waals surface area contributed by atoms with E-state index < -0.39 is 0 Å². The number of benzene rings is 2. The number of hydrogen-bond acceptors (Lipinski definition) is 5. The molecule has 0 fully saturated rings. The van der Waals surface area contributed by atoms with E-state index in [0.717, 1.165) is 22.0 Å². The summed E-state index contributed by atoms with van der Waals surface area (Å²) in [4.78, 5) is 0. The van der Waals surface area contributed by atoms with Crippen molar-refractivity contribution < 1.29 is 28.8 Å². The van der Waals surface area contributed by atoms with Crippen LogP contribution in [0, 0.1) is 0 Å². The van der Waals surface area contributed by atoms with Gasteiger partial charge < -0.3 is 24.4 Å². The highest BCUT2D eigenvalue weighted by Gasteiger charge is 2.21. The van der Waals surface area contributed by atoms with E-state index >= 15 is 0 Å². The quantitative estimate of drug-likeness (QED) is 0.242. The van der Waals surface area contributed by atoms with E-state index in [1.165, 1.54) is 13.2 Å². The molecule has 6 heteroatoms. The van der Waals surface area contributed by atoms with Crippen molar-refractivity contribution in [2.45, 2.75) is 0 Å². The molecule has 0 atom stereocenters. The molecule has 2 aromatic heterocycles. The van der Waals surface area contributed by atoms with Gasteiger partial charge in [-0.05, 0) is 17.5 Å². The molecule has 6 nitrogen and oxygen atoms in total. The molecular formula is C19H14NO5+. The van der Waals surface area contributed by atoms with Crippen LogP contribution >= 0.6 is 0 Å². The number of aromatic nitrogens is 1. The highest BCUT2D eigenvalue weighted by molar-refractivity contribution is 6.02. The molecule has 3 heterocycles. The molecule has 25 heavy (non-hydrogen) atoms. The molecule has 1 aliphatic rings. The Bertz CT molecular complexity index is 1190. The van der Waals surface area contributed by atoms with Crippen LogP contribution in [0.15, 0.2) is 42.7 Å². The fourth-order valence-corrected chi connectivity index (χ4v) is 3.34. The number of fused-ring (bicyclic) bond motifs is 5. The number of aromatic hydroxyl groups is 2. The Morgan fingerprint density at radius 2 is 1.80 bits per heavy atom. The number of pyridine rings is 2. The maximum absolute atomic E-state index is 10.4. The summed E-state index contributed by atoms with van der Waals surface area (Å²) in [5, 5.41) is 23.8. The highest BCUT2D eigenvalue weighted by atomic mass is 16.7. The van der Waals surface area contributed by atoms with Crippen LogP contribution in [0.3, 0.4) is 0 Å². The summed E-state index contributed by atoms with van der Waals surface area (Å²) in [7, 11) is 1.45. The van der Waals surface area contributed by atoms with Crippen LogP contribution in [0.5, 0.6) is 28.7 Å². The molecule has 0 spiro atoms. The lowest BCUT2D eigenvalue weighted by Gasteiger charge is -2.08. The number of phenolic OH excluding ortho intramolecular Hbond substituents is 2. The second-order valence-corrected chi connectivity index (χ2v) is 5.95. The first-order valence-corrected chi connectivity index (χ1v) is 7.76. The first-order chi connectivity index (χ1) is 12.2. The van der Waals surface area contributed by atoms with Crippen LogP contribution < -0.4 is 18.6 Å². The minimum atomic E-state index is -0.00418. The summed E-state index contributed by atoms with van der Waals surface area (Å²) in [6.07, 6.45) is 3.67. The lowest BCUT2D eigenvalue weighted by Crippen LogP contribution is -2.20. The van der Waals surface area contributed by atoms with Gasteiger partial charge in [-0.2, -0.15) is 4.40 Å². The predicted octanol–water partition coefficient (Wildman–Crippen LogP) is 2.88. The van der Waals surface area contributed by atoms with Crippen LogP contribution in [0.2, 0.25) is 0 Å². The largest absolute Gasteiger partial charge is 0.507 e. The summed E-state index contributed by atoms with van der Waals surface area (Å²) < 4.78 is 17.9. The molecule has 124 valence electrons. The van der Waals surface area contributed by atoms with Crippen LogP contribution in [-0.2, 0) is 0 Å². The third-order valence-corrected chi connectivity index (χ3v) is 4.61. The Labute approximate surface area is 142 Å². The van der Waals surface area contributed by atoms with E-state index in [-0.39, 0.29) is 24.0 Å². The normalized spacial score (nSPS) is 13.0. The molecule has 5 rings (SSSR count). The monoisotopic (exact) mass is 336 g/mol. The fourth-order valence-electron chi connectivity index (χ4n) is 3.34. The van der Waals surface area contributed by atoms with Crippen molar-refractivity contribution in [1.29, 1.82) is 0 Å². The zero-order valence-corrected chi connectivity index (χ0v) is 13.3. The van der Waals surface area contributed by atoms with Crippen molar-refractivity contribution in [3.63, 3.8) is 0 Å². The summed E-state index contributed by atoms with van der Waals surface area (Å²) in [6, 6.07) is 9.09. The van der Waals surface area contributed by atoms with E-state index in [1.54, 1.807) is 6.20 Å². The minimum Gasteiger partial charge on any atom is -0.507 e. The number of methoxy groups -OCH3 is 1. The Kier molecular flexibility index (Phi) is 2.68. The maximum atomic E-state index is 10.4. The van der Waals surface area contributed by atoms with Crippen LogP contribution in [0.25, 0.3) is 27.1 Å². The average molecular weight is 336 g/mol. The molecule has 0 amide bonds. The first kappa shape index (κ1) is 14.0. The van der Waals surface area contributed by atoms with E-state index in [1.807, 2.05) is 34.9 Å². The average Bonchev–Trinajstić information content (AvgIpc) is 3.09. The molecule has 0 unspecified atom stereocenters. The standard InChI is InChI=1S/C19H13NO5/c1-23-18-7-15(21)12-5-14-11-6-17-16(24-9-25-17)4-10(11)2-3-20(14)8-13(12)19(18)22/h2-8,21H,9H2,1H3/p+1. The third kappa shape index (κ3) is 1.88. The van der Waals surface area contributed by atoms with Gasteiger partial charge in [0, 0.05) is 23.6 Å². The first-order valence-electron chi connectivity index (χ1n) is 7.76. The Morgan fingerprint density at radius 3 is 2.60 bits per heavy atom. The van der Waals surface area contributed by atoms with Crippen molar-refractivity contribution in [2.75, 3.05) is 13.9 Å². The Morgan fingerprint density at radius 1 is 1.00 bits per heavy atom. The summed E-state index contributed by atoms with van der Waals surface area (Å²) in [6.45, 7) is 0.216. The van der Waals surface area contributed by atoms with Gasteiger partial charge in [0.2, 0.25) is 12.3 Å². The molecule has 2 N–H and O–H groups in total. The zero-order valence-electron chi connectivity index (χ0n) is 13.3. The Hall–Kier alpha value is -3.41. The smallest absolute Gasteiger partial charge is 0.231 e. The number of rotatable bonds is 1. The Balaban J connectivity index is 1.92. The minimum absolute atomic E-state index is 0.00418. The van der Waals surface area contributed by atoms with Gasteiger partial charge in [-0.1, -0.05) is 0 Å². The molecule has 1 aliphatic heterocycles. The third-order valence-electron chi connectivity index (χ3n) is 4.61. The van der Waals surface area contributed by atoms with Gasteiger partial charge in [-0.3, -0.25) is 0 Å². The van der Waals surface area contributed by atoms with Crippen molar-refractivity contribution in [3.8, 4) is 28.7 Å². The predicted molar refractivity (Wildman–Crippen MR) is 90.6 cm³/mol. The molecule has 0 saturated carbocycles. The summed E-state index contributed by atoms with van der Waals surface area (Å²) >= 11 is 0. The SMILES string of the molecule is COc1cc(O)c2cc3c4cc5c(cc4cc[n+]3cc2c1O)OCO5. The topological polar surface area (TPSA) is 72.3 Å². The van der Waals surface area contributed by atoms with Crippen LogP contribution in [-0.4, -0.2) is 24.1 Å². The number of ether oxygens (including phenoxy) is 3. The van der Waals surface area contributed by atoms with Gasteiger partial charge >= 0.3 is 0 Å². The van der Waals surface area contributed by atoms with E-state index in [9.17, 15) is 10.2 Å². The molecule has 2 aromatic carbocycles. The molecule has 0 aliphatic carbocycles. The van der Waals surface area contributed by atoms with Crippen molar-refractivity contribution in [3.05, 3.63) is 42.7 Å². The van der Waals surface area contributed by atoms with Gasteiger partial charge in [0.25, 0.3) is 0 Å². The second kappa shape index (κ2) is 4.80. The van der Waals surface area contributed by atoms with E-state index in [0.29, 0.717) is 16.5 Å². The maximum Gasteiger partial charge on any atom is 0.231 e. The van der Waals surface area contributed by atoms with Gasteiger partial charge in [-0.15, -0.1) is 0 Å².